The Morgan fingerprint density at radius 2 is 2.08 bits per heavy atom. The van der Waals surface area contributed by atoms with Gasteiger partial charge >= 0.3 is 5.97 Å². The summed E-state index contributed by atoms with van der Waals surface area (Å²) in [6, 6.07) is 0. The van der Waals surface area contributed by atoms with Crippen LogP contribution in [0.2, 0.25) is 0 Å². The molecule has 0 atom stereocenters. The summed E-state index contributed by atoms with van der Waals surface area (Å²) < 4.78 is 4.62. The molecule has 0 heterocycles. The molecular weight excluding hydrogens is 164 g/mol. The molecule has 0 aliphatic rings. The van der Waals surface area contributed by atoms with Crippen LogP contribution in [-0.2, 0) is 9.53 Å². The highest BCUT2D eigenvalue weighted by atomic mass is 16.5. The Labute approximate surface area is 79.7 Å². The molecule has 0 fully saturated rings. The van der Waals surface area contributed by atoms with Crippen molar-refractivity contribution in [3.63, 3.8) is 0 Å². The predicted octanol–water partition coefficient (Wildman–Crippen LogP) is 1.60. The molecule has 0 aromatic rings. The van der Waals surface area contributed by atoms with Crippen LogP contribution < -0.4 is 0 Å². The van der Waals surface area contributed by atoms with Crippen molar-refractivity contribution in [2.75, 3.05) is 7.11 Å². The minimum absolute atomic E-state index is 0.248. The SMILES string of the molecule is C#CCC#CCC(C)(C)C(=O)OC. The van der Waals surface area contributed by atoms with E-state index in [2.05, 4.69) is 22.5 Å². The first-order valence-electron chi connectivity index (χ1n) is 4.02. The number of terminal acetylenes is 1. The summed E-state index contributed by atoms with van der Waals surface area (Å²) in [5.74, 6) is 7.78. The van der Waals surface area contributed by atoms with Gasteiger partial charge in [-0.2, -0.15) is 0 Å². The Kier molecular flexibility index (Phi) is 4.70. The maximum atomic E-state index is 11.2. The topological polar surface area (TPSA) is 26.3 Å². The third-order valence-electron chi connectivity index (χ3n) is 1.58. The summed E-state index contributed by atoms with van der Waals surface area (Å²) in [6.07, 6.45) is 5.92. The molecule has 0 bridgehead atoms. The summed E-state index contributed by atoms with van der Waals surface area (Å²) in [7, 11) is 1.37. The highest BCUT2D eigenvalue weighted by molar-refractivity contribution is 5.76. The zero-order valence-electron chi connectivity index (χ0n) is 8.31. The van der Waals surface area contributed by atoms with Crippen molar-refractivity contribution in [2.24, 2.45) is 5.41 Å². The van der Waals surface area contributed by atoms with E-state index >= 15 is 0 Å². The Balaban J connectivity index is 4.14. The molecule has 0 rings (SSSR count). The molecule has 0 aromatic carbocycles. The van der Waals surface area contributed by atoms with Crippen LogP contribution in [0.4, 0.5) is 0 Å². The number of carbonyl (C=O) groups excluding carboxylic acids is 1. The van der Waals surface area contributed by atoms with Gasteiger partial charge in [0.15, 0.2) is 0 Å². The maximum absolute atomic E-state index is 11.2. The van der Waals surface area contributed by atoms with Crippen molar-refractivity contribution in [2.45, 2.75) is 26.7 Å². The van der Waals surface area contributed by atoms with Gasteiger partial charge in [-0.3, -0.25) is 4.79 Å². The van der Waals surface area contributed by atoms with Gasteiger partial charge in [0.1, 0.15) is 0 Å². The number of hydrogen-bond donors (Lipinski definition) is 0. The van der Waals surface area contributed by atoms with Crippen LogP contribution in [0.3, 0.4) is 0 Å². The molecule has 0 amide bonds. The summed E-state index contributed by atoms with van der Waals surface area (Å²) in [4.78, 5) is 11.2. The number of hydrogen-bond acceptors (Lipinski definition) is 2. The van der Waals surface area contributed by atoms with E-state index in [0.717, 1.165) is 0 Å². The first kappa shape index (κ1) is 11.6. The van der Waals surface area contributed by atoms with E-state index in [1.165, 1.54) is 7.11 Å². The molecule has 70 valence electrons. The normalized spacial score (nSPS) is 9.38. The number of methoxy groups -OCH3 is 1. The monoisotopic (exact) mass is 178 g/mol. The predicted molar refractivity (Wildman–Crippen MR) is 51.6 cm³/mol. The third kappa shape index (κ3) is 4.23. The summed E-state index contributed by atoms with van der Waals surface area (Å²) in [6.45, 7) is 3.59. The maximum Gasteiger partial charge on any atom is 0.312 e. The lowest BCUT2D eigenvalue weighted by molar-refractivity contribution is -0.150. The van der Waals surface area contributed by atoms with Crippen LogP contribution in [-0.4, -0.2) is 13.1 Å². The molecule has 2 nitrogen and oxygen atoms in total. The van der Waals surface area contributed by atoms with Crippen LogP contribution in [0.25, 0.3) is 0 Å². The van der Waals surface area contributed by atoms with Gasteiger partial charge in [-0.15, -0.1) is 12.3 Å². The largest absolute Gasteiger partial charge is 0.469 e. The number of esters is 1. The average molecular weight is 178 g/mol. The van der Waals surface area contributed by atoms with Crippen molar-refractivity contribution in [3.05, 3.63) is 0 Å². The van der Waals surface area contributed by atoms with Gasteiger partial charge in [0.25, 0.3) is 0 Å². The van der Waals surface area contributed by atoms with Crippen LogP contribution in [0.5, 0.6) is 0 Å². The van der Waals surface area contributed by atoms with Crippen molar-refractivity contribution >= 4 is 5.97 Å². The van der Waals surface area contributed by atoms with Gasteiger partial charge in [-0.1, -0.05) is 11.8 Å². The first-order valence-corrected chi connectivity index (χ1v) is 4.02. The lowest BCUT2D eigenvalue weighted by Gasteiger charge is -2.17. The average Bonchev–Trinajstić information content (AvgIpc) is 2.11. The van der Waals surface area contributed by atoms with Gasteiger partial charge in [-0.25, -0.2) is 0 Å². The molecule has 0 radical (unpaired) electrons. The van der Waals surface area contributed by atoms with Gasteiger partial charge in [0, 0.05) is 6.42 Å². The Bertz CT molecular complexity index is 271. The number of rotatable bonds is 2. The van der Waals surface area contributed by atoms with Crippen LogP contribution in [0.15, 0.2) is 0 Å². The second kappa shape index (κ2) is 5.27. The van der Waals surface area contributed by atoms with E-state index in [-0.39, 0.29) is 5.97 Å². The van der Waals surface area contributed by atoms with Crippen LogP contribution in [0, 0.1) is 29.6 Å². The molecule has 0 N–H and O–H groups in total. The lowest BCUT2D eigenvalue weighted by atomic mass is 9.90. The summed E-state index contributed by atoms with van der Waals surface area (Å²) in [5, 5.41) is 0. The molecule has 0 spiro atoms. The van der Waals surface area contributed by atoms with E-state index in [9.17, 15) is 4.79 Å². The Hall–Kier alpha value is -1.41. The molecule has 0 saturated carbocycles. The molecule has 13 heavy (non-hydrogen) atoms. The molecule has 0 unspecified atom stereocenters. The highest BCUT2D eigenvalue weighted by Gasteiger charge is 2.27. The zero-order valence-corrected chi connectivity index (χ0v) is 8.31. The summed E-state index contributed by atoms with van der Waals surface area (Å²) >= 11 is 0. The van der Waals surface area contributed by atoms with E-state index in [1.54, 1.807) is 13.8 Å². The van der Waals surface area contributed by atoms with E-state index in [4.69, 9.17) is 6.42 Å². The highest BCUT2D eigenvalue weighted by Crippen LogP contribution is 2.20. The third-order valence-corrected chi connectivity index (χ3v) is 1.58. The van der Waals surface area contributed by atoms with E-state index < -0.39 is 5.41 Å². The zero-order chi connectivity index (χ0) is 10.3. The first-order chi connectivity index (χ1) is 6.04. The van der Waals surface area contributed by atoms with Crippen LogP contribution >= 0.6 is 0 Å². The lowest BCUT2D eigenvalue weighted by Crippen LogP contribution is -2.24. The quantitative estimate of drug-likeness (QED) is 0.474. The molecule has 2 heteroatoms. The molecule has 0 saturated heterocycles. The van der Waals surface area contributed by atoms with Crippen molar-refractivity contribution in [1.82, 2.24) is 0 Å². The van der Waals surface area contributed by atoms with E-state index in [0.29, 0.717) is 12.8 Å². The van der Waals surface area contributed by atoms with Gasteiger partial charge in [0.05, 0.1) is 18.9 Å². The van der Waals surface area contributed by atoms with Gasteiger partial charge in [0.2, 0.25) is 0 Å². The van der Waals surface area contributed by atoms with Gasteiger partial charge in [-0.05, 0) is 13.8 Å². The second-order valence-electron chi connectivity index (χ2n) is 3.29. The summed E-state index contributed by atoms with van der Waals surface area (Å²) in [5.41, 5.74) is -0.545. The minimum atomic E-state index is -0.545. The number of carbonyl (C=O) groups is 1. The fraction of sp³-hybridized carbons (Fsp3) is 0.545. The fourth-order valence-electron chi connectivity index (χ4n) is 0.745. The van der Waals surface area contributed by atoms with Crippen molar-refractivity contribution in [3.8, 4) is 24.2 Å². The molecule has 0 aromatic heterocycles. The van der Waals surface area contributed by atoms with Crippen LogP contribution in [0.1, 0.15) is 26.7 Å². The minimum Gasteiger partial charge on any atom is -0.469 e. The van der Waals surface area contributed by atoms with E-state index in [1.807, 2.05) is 0 Å². The van der Waals surface area contributed by atoms with Gasteiger partial charge < -0.3 is 4.74 Å². The van der Waals surface area contributed by atoms with Crippen molar-refractivity contribution < 1.29 is 9.53 Å². The Morgan fingerprint density at radius 1 is 1.46 bits per heavy atom. The molecular formula is C11H14O2. The second-order valence-corrected chi connectivity index (χ2v) is 3.29. The smallest absolute Gasteiger partial charge is 0.312 e. The van der Waals surface area contributed by atoms with Crippen molar-refractivity contribution in [1.29, 1.82) is 0 Å². The number of ether oxygens (including phenoxy) is 1. The Morgan fingerprint density at radius 3 is 2.54 bits per heavy atom. The molecule has 0 aliphatic heterocycles. The fourth-order valence-corrected chi connectivity index (χ4v) is 0.745. The standard InChI is InChI=1S/C11H14O2/c1-5-6-7-8-9-11(2,3)10(12)13-4/h1H,6,9H2,2-4H3. The molecule has 0 aliphatic carbocycles.